The van der Waals surface area contributed by atoms with Gasteiger partial charge in [-0.05, 0) is 85.2 Å². The first-order chi connectivity index (χ1) is 19.1. The number of amides is 1. The minimum absolute atomic E-state index is 0.0755. The molecular weight excluding hydrogens is 508 g/mol. The van der Waals surface area contributed by atoms with Gasteiger partial charge in [0, 0.05) is 43.4 Å². The molecule has 0 radical (unpaired) electrons. The van der Waals surface area contributed by atoms with E-state index in [-0.39, 0.29) is 11.9 Å². The van der Waals surface area contributed by atoms with Gasteiger partial charge in [0.25, 0.3) is 5.91 Å². The molecule has 6 rings (SSSR count). The Morgan fingerprint density at radius 2 is 2.13 bits per heavy atom. The van der Waals surface area contributed by atoms with Gasteiger partial charge in [0.15, 0.2) is 0 Å². The number of nitrogens with one attached hydrogen (secondary N) is 1. The lowest BCUT2D eigenvalue weighted by Gasteiger charge is -2.25. The third-order valence-corrected chi connectivity index (χ3v) is 8.36. The van der Waals surface area contributed by atoms with Crippen molar-refractivity contribution in [1.29, 1.82) is 0 Å². The van der Waals surface area contributed by atoms with Crippen molar-refractivity contribution in [3.05, 3.63) is 77.8 Å². The predicted molar refractivity (Wildman–Crippen MR) is 155 cm³/mol. The molecule has 202 valence electrons. The number of rotatable bonds is 8. The lowest BCUT2D eigenvalue weighted by molar-refractivity contribution is 0.0930. The van der Waals surface area contributed by atoms with Gasteiger partial charge in [0.1, 0.15) is 0 Å². The van der Waals surface area contributed by atoms with Gasteiger partial charge in [-0.25, -0.2) is 8.99 Å². The summed E-state index contributed by atoms with van der Waals surface area (Å²) in [7, 11) is 0. The van der Waals surface area contributed by atoms with Gasteiger partial charge in [-0.1, -0.05) is 19.1 Å². The largest absolute Gasteiger partial charge is 0.379 e. The van der Waals surface area contributed by atoms with Gasteiger partial charge >= 0.3 is 0 Å². The molecule has 39 heavy (non-hydrogen) atoms. The van der Waals surface area contributed by atoms with Crippen molar-refractivity contribution in [1.82, 2.24) is 29.2 Å². The highest BCUT2D eigenvalue weighted by Crippen LogP contribution is 2.33. The second-order valence-corrected chi connectivity index (χ2v) is 11.4. The maximum absolute atomic E-state index is 12.8. The monoisotopic (exact) mass is 542 g/mol. The molecular formula is C30H34N6O2S. The summed E-state index contributed by atoms with van der Waals surface area (Å²) in [5.74, 6) is -0.0755. The van der Waals surface area contributed by atoms with Crippen LogP contribution in [0.1, 0.15) is 47.7 Å². The van der Waals surface area contributed by atoms with Crippen LogP contribution in [-0.2, 0) is 11.3 Å². The summed E-state index contributed by atoms with van der Waals surface area (Å²) in [4.78, 5) is 14.0. The molecule has 1 saturated heterocycles. The van der Waals surface area contributed by atoms with E-state index in [9.17, 15) is 4.79 Å². The third-order valence-electron chi connectivity index (χ3n) is 7.35. The molecule has 2 aromatic carbocycles. The summed E-state index contributed by atoms with van der Waals surface area (Å²) in [6, 6.07) is 12.2. The molecule has 2 aromatic heterocycles. The Balaban J connectivity index is 1.18. The van der Waals surface area contributed by atoms with Gasteiger partial charge < -0.3 is 10.1 Å². The average molecular weight is 543 g/mol. The van der Waals surface area contributed by atoms with Crippen LogP contribution >= 0.6 is 11.9 Å². The fourth-order valence-corrected chi connectivity index (χ4v) is 6.19. The minimum Gasteiger partial charge on any atom is -0.379 e. The molecule has 1 amide bonds. The van der Waals surface area contributed by atoms with Crippen molar-refractivity contribution in [2.24, 2.45) is 0 Å². The Morgan fingerprint density at radius 1 is 1.21 bits per heavy atom. The van der Waals surface area contributed by atoms with Crippen molar-refractivity contribution in [2.45, 2.75) is 50.6 Å². The van der Waals surface area contributed by atoms with Gasteiger partial charge in [0.05, 0.1) is 41.1 Å². The molecule has 2 aliphatic rings. The fraction of sp³-hybridized carbons (Fsp3) is 0.367. The Hall–Kier alpha value is -3.40. The van der Waals surface area contributed by atoms with E-state index in [4.69, 9.17) is 9.84 Å². The maximum atomic E-state index is 12.8. The zero-order valence-electron chi connectivity index (χ0n) is 22.5. The average Bonchev–Trinajstić information content (AvgIpc) is 3.71. The molecule has 1 unspecified atom stereocenters. The Kier molecular flexibility index (Phi) is 7.54. The second kappa shape index (κ2) is 11.4. The van der Waals surface area contributed by atoms with Crippen LogP contribution < -0.4 is 5.32 Å². The van der Waals surface area contributed by atoms with Crippen molar-refractivity contribution in [3.63, 3.8) is 0 Å². The number of aryl methyl sites for hydroxylation is 2. The molecule has 4 aromatic rings. The quantitative estimate of drug-likeness (QED) is 0.306. The molecule has 1 N–H and O–H groups in total. The van der Waals surface area contributed by atoms with Crippen molar-refractivity contribution in [3.8, 4) is 5.69 Å². The van der Waals surface area contributed by atoms with E-state index in [1.807, 2.05) is 46.0 Å². The molecule has 0 bridgehead atoms. The van der Waals surface area contributed by atoms with Gasteiger partial charge in [0.2, 0.25) is 0 Å². The normalized spacial score (nSPS) is 18.0. The van der Waals surface area contributed by atoms with Crippen LogP contribution in [0.5, 0.6) is 0 Å². The number of hydrogen-bond acceptors (Lipinski definition) is 6. The van der Waals surface area contributed by atoms with Crippen molar-refractivity contribution in [2.75, 3.05) is 26.3 Å². The smallest absolute Gasteiger partial charge is 0.251 e. The number of carbonyl (C=O) groups excluding carboxylic acids is 1. The summed E-state index contributed by atoms with van der Waals surface area (Å²) in [5, 5.41) is 13.3. The summed E-state index contributed by atoms with van der Waals surface area (Å²) in [6.07, 6.45) is 11.3. The highest BCUT2D eigenvalue weighted by Gasteiger charge is 2.20. The molecule has 4 heterocycles. The minimum atomic E-state index is -0.0755. The van der Waals surface area contributed by atoms with E-state index < -0.39 is 0 Å². The van der Waals surface area contributed by atoms with Crippen LogP contribution in [0.25, 0.3) is 22.2 Å². The Morgan fingerprint density at radius 3 is 2.92 bits per heavy atom. The highest BCUT2D eigenvalue weighted by molar-refractivity contribution is 7.97. The molecule has 0 aliphatic carbocycles. The SMILES string of the molecule is CCCn1cc(SN2CC=C(c3cc4cnn(-c5cccc(C(=O)NC6CCOC6)c5)c4cc3C)CC2)cn1. The number of fused-ring (bicyclic) bond motifs is 1. The van der Waals surface area contributed by atoms with Gasteiger partial charge in [-0.2, -0.15) is 10.2 Å². The predicted octanol–water partition coefficient (Wildman–Crippen LogP) is 5.26. The number of hydrogen-bond donors (Lipinski definition) is 1. The molecule has 1 atom stereocenters. The van der Waals surface area contributed by atoms with E-state index in [1.54, 1.807) is 11.9 Å². The van der Waals surface area contributed by atoms with E-state index in [1.165, 1.54) is 21.6 Å². The first-order valence-electron chi connectivity index (χ1n) is 13.7. The van der Waals surface area contributed by atoms with Gasteiger partial charge in [-0.15, -0.1) is 0 Å². The lowest BCUT2D eigenvalue weighted by Crippen LogP contribution is -2.35. The van der Waals surface area contributed by atoms with Crippen LogP contribution in [0, 0.1) is 6.92 Å². The molecule has 2 aliphatic heterocycles. The number of aromatic nitrogens is 4. The molecule has 9 heteroatoms. The highest BCUT2D eigenvalue weighted by atomic mass is 32.2. The third kappa shape index (κ3) is 5.66. The van der Waals surface area contributed by atoms with E-state index in [0.29, 0.717) is 18.8 Å². The number of ether oxygens (including phenoxy) is 1. The van der Waals surface area contributed by atoms with Crippen LogP contribution in [0.3, 0.4) is 0 Å². The van der Waals surface area contributed by atoms with Crippen LogP contribution in [0.2, 0.25) is 0 Å². The van der Waals surface area contributed by atoms with Crippen molar-refractivity contribution < 1.29 is 9.53 Å². The van der Waals surface area contributed by atoms with Crippen LogP contribution in [0.15, 0.2) is 66.0 Å². The van der Waals surface area contributed by atoms with Gasteiger partial charge in [-0.3, -0.25) is 9.48 Å². The summed E-state index contributed by atoms with van der Waals surface area (Å²) in [5.41, 5.74) is 6.44. The summed E-state index contributed by atoms with van der Waals surface area (Å²) >= 11 is 1.79. The molecule has 0 spiro atoms. The molecule has 1 fully saturated rings. The molecule has 0 saturated carbocycles. The topological polar surface area (TPSA) is 77.2 Å². The Bertz CT molecular complexity index is 1520. The maximum Gasteiger partial charge on any atom is 0.251 e. The lowest BCUT2D eigenvalue weighted by atomic mass is 9.95. The number of benzene rings is 2. The number of carbonyl (C=O) groups is 1. The fourth-order valence-electron chi connectivity index (χ4n) is 5.30. The Labute approximate surface area is 233 Å². The second-order valence-electron chi connectivity index (χ2n) is 10.3. The molecule has 8 nitrogen and oxygen atoms in total. The van der Waals surface area contributed by atoms with E-state index >= 15 is 0 Å². The van der Waals surface area contributed by atoms with Crippen molar-refractivity contribution >= 4 is 34.3 Å². The van der Waals surface area contributed by atoms with E-state index in [0.717, 1.165) is 55.5 Å². The summed E-state index contributed by atoms with van der Waals surface area (Å²) < 4.78 is 11.7. The first kappa shape index (κ1) is 25.9. The first-order valence-corrected chi connectivity index (χ1v) is 14.5. The standard InChI is InChI=1S/C30H34N6O2S/c1-3-10-34-19-27(18-31-34)39-35-11-7-22(8-12-35)28-16-24-17-32-36(29(24)14-21(28)2)26-6-4-5-23(15-26)30(37)33-25-9-13-38-20-25/h4-7,14-19,25H,3,8-13,20H2,1-2H3,(H,33,37). The van der Waals surface area contributed by atoms with E-state index in [2.05, 4.69) is 53.0 Å². The van der Waals surface area contributed by atoms with Crippen LogP contribution in [-0.4, -0.2) is 62.1 Å². The number of nitrogens with zero attached hydrogens (tertiary/aromatic N) is 5. The zero-order valence-corrected chi connectivity index (χ0v) is 23.3. The zero-order chi connectivity index (χ0) is 26.8. The summed E-state index contributed by atoms with van der Waals surface area (Å²) in [6.45, 7) is 8.47. The van der Waals surface area contributed by atoms with Crippen LogP contribution in [0.4, 0.5) is 0 Å².